The number of rotatable bonds is 2. The quantitative estimate of drug-likeness (QED) is 0.206. The Labute approximate surface area is 212 Å². The summed E-state index contributed by atoms with van der Waals surface area (Å²) in [4.78, 5) is 10.1. The van der Waals surface area contributed by atoms with Gasteiger partial charge in [0.05, 0.1) is 0 Å². The molecule has 3 nitrogen and oxygen atoms in total. The van der Waals surface area contributed by atoms with Crippen LogP contribution in [-0.2, 0) is 0 Å². The molecule has 0 N–H and O–H groups in total. The summed E-state index contributed by atoms with van der Waals surface area (Å²) in [6, 6.07) is 41.5. The molecule has 0 saturated heterocycles. The van der Waals surface area contributed by atoms with Gasteiger partial charge in [-0.25, -0.2) is 0 Å². The summed E-state index contributed by atoms with van der Waals surface area (Å²) in [5, 5.41) is 0. The van der Waals surface area contributed by atoms with Gasteiger partial charge in [0.2, 0.25) is 0 Å². The molecule has 4 heteroatoms. The van der Waals surface area contributed by atoms with Crippen molar-refractivity contribution in [3.05, 3.63) is 115 Å². The van der Waals surface area contributed by atoms with E-state index < -0.39 is 17.4 Å². The molecule has 0 bridgehead atoms. The van der Waals surface area contributed by atoms with Crippen LogP contribution in [0.1, 0.15) is 0 Å². The Morgan fingerprint density at radius 1 is 0.444 bits per heavy atom. The molecule has 0 fully saturated rings. The average molecular weight is 575 g/mol. The fourth-order valence-corrected chi connectivity index (χ4v) is 23.1. The zero-order valence-electron chi connectivity index (χ0n) is 20.2. The topological polar surface area (TPSA) is 15.7 Å². The van der Waals surface area contributed by atoms with Gasteiger partial charge in [-0.05, 0) is 0 Å². The Kier molecular flexibility index (Phi) is 3.84. The Hall–Kier alpha value is -3.68. The van der Waals surface area contributed by atoms with E-state index in [1.165, 1.54) is 44.7 Å². The maximum atomic E-state index is 6.75. The molecular weight excluding hydrogens is 550 g/mol. The van der Waals surface area contributed by atoms with Crippen molar-refractivity contribution in [1.82, 2.24) is 0 Å². The number of ether oxygens (including phenoxy) is 1. The van der Waals surface area contributed by atoms with E-state index in [0.717, 1.165) is 11.5 Å². The first-order valence-corrected chi connectivity index (χ1v) is 21.3. The van der Waals surface area contributed by atoms with Gasteiger partial charge in [-0.1, -0.05) is 0 Å². The molecule has 3 aliphatic rings. The van der Waals surface area contributed by atoms with Gasteiger partial charge in [0.1, 0.15) is 0 Å². The van der Waals surface area contributed by atoms with E-state index in [1.807, 2.05) is 0 Å². The van der Waals surface area contributed by atoms with E-state index >= 15 is 0 Å². The fraction of sp³-hybridized carbons (Fsp3) is 0.0625. The van der Waals surface area contributed by atoms with E-state index in [-0.39, 0.29) is 0 Å². The summed E-state index contributed by atoms with van der Waals surface area (Å²) >= 11 is -4.00. The van der Waals surface area contributed by atoms with Gasteiger partial charge >= 0.3 is 213 Å². The van der Waals surface area contributed by atoms with Crippen molar-refractivity contribution in [3.63, 3.8) is 0 Å². The van der Waals surface area contributed by atoms with Crippen molar-refractivity contribution < 1.29 is 4.74 Å². The fourth-order valence-electron chi connectivity index (χ4n) is 6.89. The van der Waals surface area contributed by atoms with Gasteiger partial charge in [-0.3, -0.25) is 0 Å². The predicted octanol–water partition coefficient (Wildman–Crippen LogP) is 7.04. The van der Waals surface area contributed by atoms with Gasteiger partial charge in [0.25, 0.3) is 0 Å². The zero-order chi connectivity index (χ0) is 24.1. The average Bonchev–Trinajstić information content (AvgIpc) is 2.90. The molecule has 3 heterocycles. The van der Waals surface area contributed by atoms with Crippen LogP contribution in [-0.4, -0.2) is 17.4 Å². The second-order valence-corrected chi connectivity index (χ2v) is 26.4. The number of para-hydroxylation sites is 2. The summed E-state index contributed by atoms with van der Waals surface area (Å²) < 4.78 is 11.1. The normalized spacial score (nSPS) is 17.9. The second-order valence-electron chi connectivity index (χ2n) is 10.5. The number of hydrogen-bond acceptors (Lipinski definition) is 3. The second kappa shape index (κ2) is 6.75. The van der Waals surface area contributed by atoms with E-state index in [1.54, 1.807) is 0 Å². The Morgan fingerprint density at radius 2 is 0.833 bits per heavy atom. The van der Waals surface area contributed by atoms with Crippen LogP contribution in [0.5, 0.6) is 11.5 Å². The van der Waals surface area contributed by atoms with Crippen molar-refractivity contribution in [2.75, 3.05) is 9.80 Å². The van der Waals surface area contributed by atoms with Gasteiger partial charge in [-0.15, -0.1) is 0 Å². The minimum absolute atomic E-state index is 1.01. The maximum absolute atomic E-state index is 6.75. The molecule has 0 unspecified atom stereocenters. The zero-order valence-corrected chi connectivity index (χ0v) is 22.8. The van der Waals surface area contributed by atoms with Crippen molar-refractivity contribution in [2.45, 2.75) is 9.74 Å². The number of benzene rings is 5. The van der Waals surface area contributed by atoms with Gasteiger partial charge in [-0.2, -0.15) is 0 Å². The minimum atomic E-state index is -4.00. The summed E-state index contributed by atoms with van der Waals surface area (Å²) in [6.07, 6.45) is 0. The van der Waals surface area contributed by atoms with Crippen LogP contribution in [0.4, 0.5) is 34.1 Å². The molecule has 0 amide bonds. The molecule has 0 aromatic heterocycles. The molecule has 5 aromatic carbocycles. The third-order valence-corrected chi connectivity index (χ3v) is 23.5. The van der Waals surface area contributed by atoms with Gasteiger partial charge < -0.3 is 0 Å². The van der Waals surface area contributed by atoms with Crippen molar-refractivity contribution >= 4 is 62.1 Å². The van der Waals surface area contributed by atoms with E-state index in [2.05, 4.69) is 135 Å². The van der Waals surface area contributed by atoms with E-state index in [9.17, 15) is 0 Å². The molecule has 0 saturated carbocycles. The monoisotopic (exact) mass is 574 g/mol. The molecule has 36 heavy (non-hydrogen) atoms. The molecule has 0 radical (unpaired) electrons. The third kappa shape index (κ3) is 2.31. The van der Waals surface area contributed by atoms with Crippen LogP contribution in [0, 0.1) is 0 Å². The standard InChI is InChI=1S/C30H19N2O.2CH3.Sb/c1-3-10-23(11-4-1)31-25-14-7-15-26(20-25)32(24-12-5-2-6-13-24)28-17-9-19-30(22-28)33-29-18-8-16-27(31)21-29;;;/h1-19H;2*1H3;. The Morgan fingerprint density at radius 3 is 1.28 bits per heavy atom. The van der Waals surface area contributed by atoms with Crippen LogP contribution in [0.15, 0.2) is 115 Å². The molecule has 0 spiro atoms. The SMILES string of the molecule is [CH3][Sb]12([CH3])[c]3c4cccc3N(c3ccccc3)c3cccc([c]31)N(c1ccccc1)c1cccc([c]12)O4. The van der Waals surface area contributed by atoms with Crippen molar-refractivity contribution in [3.8, 4) is 11.5 Å². The summed E-state index contributed by atoms with van der Waals surface area (Å²) in [6.45, 7) is 0. The Bertz CT molecular complexity index is 1590. The van der Waals surface area contributed by atoms with Crippen LogP contribution < -0.4 is 25.1 Å². The molecule has 0 aliphatic carbocycles. The molecule has 8 rings (SSSR count). The Balaban J connectivity index is 1.59. The number of anilines is 6. The van der Waals surface area contributed by atoms with Crippen molar-refractivity contribution in [1.29, 1.82) is 0 Å². The van der Waals surface area contributed by atoms with E-state index in [0.29, 0.717) is 0 Å². The van der Waals surface area contributed by atoms with Crippen LogP contribution in [0.2, 0.25) is 9.74 Å². The van der Waals surface area contributed by atoms with Crippen LogP contribution >= 0.6 is 0 Å². The van der Waals surface area contributed by atoms with Crippen molar-refractivity contribution in [2.24, 2.45) is 0 Å². The van der Waals surface area contributed by atoms with Gasteiger partial charge in [0.15, 0.2) is 0 Å². The first-order chi connectivity index (χ1) is 17.6. The summed E-state index contributed by atoms with van der Waals surface area (Å²) in [5.74, 6) is 2.02. The molecule has 3 aliphatic heterocycles. The predicted molar refractivity (Wildman–Crippen MR) is 152 cm³/mol. The molecule has 174 valence electrons. The summed E-state index contributed by atoms with van der Waals surface area (Å²) in [7, 11) is 0. The van der Waals surface area contributed by atoms with Crippen LogP contribution in [0.3, 0.4) is 0 Å². The van der Waals surface area contributed by atoms with Crippen LogP contribution in [0.25, 0.3) is 0 Å². The number of hydrogen-bond donors (Lipinski definition) is 0. The molecule has 0 atom stereocenters. The number of nitrogens with zero attached hydrogens (tertiary/aromatic N) is 2. The summed E-state index contributed by atoms with van der Waals surface area (Å²) in [5.41, 5.74) is 7.43. The first kappa shape index (κ1) is 20.5. The third-order valence-electron chi connectivity index (χ3n) is 8.17. The first-order valence-electron chi connectivity index (χ1n) is 12.4. The van der Waals surface area contributed by atoms with E-state index in [4.69, 9.17) is 4.74 Å². The molecular formula is C32H25N2OSb. The molecule has 5 aromatic rings. The van der Waals surface area contributed by atoms with Gasteiger partial charge in [0, 0.05) is 0 Å².